The molecule has 64 valence electrons. The molecule has 0 aliphatic rings. The van der Waals surface area contributed by atoms with E-state index >= 15 is 0 Å². The van der Waals surface area contributed by atoms with Crippen molar-refractivity contribution in [3.63, 3.8) is 0 Å². The van der Waals surface area contributed by atoms with Gasteiger partial charge in [0.05, 0.1) is 0 Å². The van der Waals surface area contributed by atoms with Gasteiger partial charge < -0.3 is 0 Å². The van der Waals surface area contributed by atoms with Crippen molar-refractivity contribution in [2.75, 3.05) is 6.16 Å². The number of rotatable bonds is 2. The van der Waals surface area contributed by atoms with Gasteiger partial charge in [0, 0.05) is 0 Å². The molecular weight excluding hydrogens is 151 g/mol. The Morgan fingerprint density at radius 3 is 1.60 bits per heavy atom. The molecule has 0 saturated heterocycles. The molecule has 0 aromatic carbocycles. The molecule has 0 aromatic heterocycles. The van der Waals surface area contributed by atoms with E-state index < -0.39 is 7.94 Å². The van der Waals surface area contributed by atoms with Crippen molar-refractivity contribution in [2.45, 2.75) is 27.2 Å². The minimum atomic E-state index is -3.77. The van der Waals surface area contributed by atoms with E-state index in [2.05, 4.69) is 0 Å². The Morgan fingerprint density at radius 2 is 1.50 bits per heavy atom. The third-order valence-electron chi connectivity index (χ3n) is 1.21. The maximum absolute atomic E-state index is 8.63. The maximum atomic E-state index is 8.63. The molecule has 0 aliphatic heterocycles. The average Bonchev–Trinajstić information content (AvgIpc) is 1.57. The summed E-state index contributed by atoms with van der Waals surface area (Å²) in [6.45, 7) is 5.98. The normalized spacial score (nSPS) is 15.4. The SMILES string of the molecule is CC(C)(C)CC[PH](O)(O)O. The molecule has 0 heterocycles. The van der Waals surface area contributed by atoms with Crippen LogP contribution in [0.4, 0.5) is 0 Å². The van der Waals surface area contributed by atoms with Crippen molar-refractivity contribution in [3.05, 3.63) is 0 Å². The third-order valence-corrected chi connectivity index (χ3v) is 2.13. The summed E-state index contributed by atoms with van der Waals surface area (Å²) in [5.41, 5.74) is 0.0619. The van der Waals surface area contributed by atoms with Gasteiger partial charge in [-0.05, 0) is 0 Å². The molecule has 3 N–H and O–H groups in total. The topological polar surface area (TPSA) is 60.7 Å². The van der Waals surface area contributed by atoms with Crippen molar-refractivity contribution in [3.8, 4) is 0 Å². The molecular formula is C6H17O3P. The second-order valence-electron chi connectivity index (χ2n) is 3.84. The first-order chi connectivity index (χ1) is 4.21. The van der Waals surface area contributed by atoms with Gasteiger partial charge in [0.2, 0.25) is 0 Å². The molecule has 0 spiro atoms. The summed E-state index contributed by atoms with van der Waals surface area (Å²) >= 11 is 0. The van der Waals surface area contributed by atoms with Crippen molar-refractivity contribution < 1.29 is 14.7 Å². The Balaban J connectivity index is 3.56. The summed E-state index contributed by atoms with van der Waals surface area (Å²) in [6, 6.07) is 0. The van der Waals surface area contributed by atoms with Gasteiger partial charge in [-0.25, -0.2) is 0 Å². The quantitative estimate of drug-likeness (QED) is 0.537. The van der Waals surface area contributed by atoms with Gasteiger partial charge in [0.1, 0.15) is 0 Å². The van der Waals surface area contributed by atoms with Gasteiger partial charge in [0.25, 0.3) is 0 Å². The predicted molar refractivity (Wildman–Crippen MR) is 43.9 cm³/mol. The molecule has 0 atom stereocenters. The van der Waals surface area contributed by atoms with Gasteiger partial charge in [0.15, 0.2) is 0 Å². The molecule has 4 heteroatoms. The van der Waals surface area contributed by atoms with Crippen LogP contribution in [0.3, 0.4) is 0 Å². The molecule has 10 heavy (non-hydrogen) atoms. The van der Waals surface area contributed by atoms with E-state index in [9.17, 15) is 0 Å². The van der Waals surface area contributed by atoms with Crippen LogP contribution in [0.15, 0.2) is 0 Å². The predicted octanol–water partition coefficient (Wildman–Crippen LogP) is 0.894. The molecule has 0 rings (SSSR count). The molecule has 0 aromatic rings. The van der Waals surface area contributed by atoms with Crippen LogP contribution in [0.2, 0.25) is 0 Å². The van der Waals surface area contributed by atoms with Crippen LogP contribution >= 0.6 is 7.94 Å². The van der Waals surface area contributed by atoms with E-state index in [1.807, 2.05) is 20.8 Å². The van der Waals surface area contributed by atoms with E-state index in [0.717, 1.165) is 0 Å². The Kier molecular flexibility index (Phi) is 3.24. The van der Waals surface area contributed by atoms with Gasteiger partial charge in [-0.15, -0.1) is 0 Å². The van der Waals surface area contributed by atoms with Crippen LogP contribution in [0.5, 0.6) is 0 Å². The summed E-state index contributed by atoms with van der Waals surface area (Å²) in [5, 5.41) is 0. The molecule has 0 bridgehead atoms. The second kappa shape index (κ2) is 3.14. The van der Waals surface area contributed by atoms with E-state index in [4.69, 9.17) is 14.7 Å². The molecule has 0 amide bonds. The van der Waals surface area contributed by atoms with Crippen molar-refractivity contribution in [2.24, 2.45) is 5.41 Å². The molecule has 0 fully saturated rings. The zero-order valence-corrected chi connectivity index (χ0v) is 7.76. The van der Waals surface area contributed by atoms with E-state index in [1.54, 1.807) is 0 Å². The molecule has 3 nitrogen and oxygen atoms in total. The summed E-state index contributed by atoms with van der Waals surface area (Å²) in [6.07, 6.45) is 0.777. The monoisotopic (exact) mass is 168 g/mol. The first kappa shape index (κ1) is 10.3. The fourth-order valence-electron chi connectivity index (χ4n) is 0.543. The van der Waals surface area contributed by atoms with Crippen molar-refractivity contribution in [1.82, 2.24) is 0 Å². The summed E-state index contributed by atoms with van der Waals surface area (Å²) < 4.78 is 0. The number of hydrogen-bond donors (Lipinski definition) is 3. The fourth-order valence-corrected chi connectivity index (χ4v) is 1.63. The first-order valence-electron chi connectivity index (χ1n) is 3.38. The van der Waals surface area contributed by atoms with Crippen molar-refractivity contribution >= 4 is 7.94 Å². The third kappa shape index (κ3) is 8.31. The van der Waals surface area contributed by atoms with Crippen LogP contribution in [-0.2, 0) is 0 Å². The zero-order valence-electron chi connectivity index (χ0n) is 6.76. The van der Waals surface area contributed by atoms with Crippen LogP contribution in [-0.4, -0.2) is 20.8 Å². The minimum absolute atomic E-state index is 0.0619. The fraction of sp³-hybridized carbons (Fsp3) is 1.00. The Hall–Kier alpha value is 0.310. The summed E-state index contributed by atoms with van der Waals surface area (Å²) in [4.78, 5) is 25.9. The number of hydrogen-bond acceptors (Lipinski definition) is 3. The Bertz CT molecular complexity index is 86.5. The van der Waals surface area contributed by atoms with Crippen LogP contribution in [0, 0.1) is 5.41 Å². The van der Waals surface area contributed by atoms with Gasteiger partial charge >= 0.3 is 61.4 Å². The van der Waals surface area contributed by atoms with E-state index in [-0.39, 0.29) is 11.6 Å². The second-order valence-corrected chi connectivity index (χ2v) is 5.88. The zero-order chi connectivity index (χ0) is 8.41. The molecule has 0 unspecified atom stereocenters. The van der Waals surface area contributed by atoms with Gasteiger partial charge in [-0.3, -0.25) is 0 Å². The average molecular weight is 168 g/mol. The standard InChI is InChI=1S/C6H17O3P/c1-6(2,3)4-5-10(7,8)9/h7-10H,4-5H2,1-3H3. The summed E-state index contributed by atoms with van der Waals surface area (Å²) in [7, 11) is -3.77. The van der Waals surface area contributed by atoms with Crippen LogP contribution in [0.1, 0.15) is 27.2 Å². The Morgan fingerprint density at radius 1 is 1.10 bits per heavy atom. The first-order valence-corrected chi connectivity index (χ1v) is 5.43. The van der Waals surface area contributed by atoms with Gasteiger partial charge in [-0.2, -0.15) is 0 Å². The molecule has 0 aliphatic carbocycles. The Labute approximate surface area is 62.3 Å². The van der Waals surface area contributed by atoms with E-state index in [1.165, 1.54) is 0 Å². The van der Waals surface area contributed by atoms with Crippen LogP contribution in [0.25, 0.3) is 0 Å². The van der Waals surface area contributed by atoms with Gasteiger partial charge in [-0.1, -0.05) is 0 Å². The van der Waals surface area contributed by atoms with Crippen molar-refractivity contribution in [1.29, 1.82) is 0 Å². The molecule has 0 radical (unpaired) electrons. The summed E-state index contributed by atoms with van der Waals surface area (Å²) in [5.74, 6) is 0. The van der Waals surface area contributed by atoms with Crippen LogP contribution < -0.4 is 0 Å². The molecule has 0 saturated carbocycles. The van der Waals surface area contributed by atoms with E-state index in [0.29, 0.717) is 6.42 Å².